The van der Waals surface area contributed by atoms with Gasteiger partial charge in [0, 0.05) is 0 Å². The van der Waals surface area contributed by atoms with E-state index in [0.717, 1.165) is 12.2 Å². The number of hydrogen-bond acceptors (Lipinski definition) is 2. The molecule has 3 aromatic rings. The van der Waals surface area contributed by atoms with Crippen molar-refractivity contribution in [1.29, 1.82) is 0 Å². The van der Waals surface area contributed by atoms with Gasteiger partial charge in [0.2, 0.25) is 0 Å². The Labute approximate surface area is 238 Å². The van der Waals surface area contributed by atoms with Crippen molar-refractivity contribution in [3.8, 4) is 5.75 Å². The van der Waals surface area contributed by atoms with Crippen molar-refractivity contribution < 1.29 is 21.0 Å². The van der Waals surface area contributed by atoms with E-state index >= 15 is 0 Å². The Bertz CT molecular complexity index is 1300. The summed E-state index contributed by atoms with van der Waals surface area (Å²) in [6.45, 7) is 20.9. The number of rotatable bonds is 7. The van der Waals surface area contributed by atoms with Gasteiger partial charge in [-0.1, -0.05) is 0 Å². The van der Waals surface area contributed by atoms with Crippen LogP contribution in [0.1, 0.15) is 103 Å². The Hall–Kier alpha value is -2.38. The minimum absolute atomic E-state index is 0.0228. The molecule has 1 unspecified atom stereocenters. The topological polar surface area (TPSA) is 12.5 Å². The first-order valence-electron chi connectivity index (χ1n) is 14.0. The summed E-state index contributed by atoms with van der Waals surface area (Å²) in [5, 5.41) is 0. The Morgan fingerprint density at radius 1 is 0.763 bits per heavy atom. The summed E-state index contributed by atoms with van der Waals surface area (Å²) in [6, 6.07) is 26.7. The third-order valence-electron chi connectivity index (χ3n) is 7.54. The van der Waals surface area contributed by atoms with E-state index in [2.05, 4.69) is 145 Å². The molecule has 0 N–H and O–H groups in total. The van der Waals surface area contributed by atoms with E-state index in [1.54, 1.807) is 4.23 Å². The number of hydrogen-bond donors (Lipinski definition) is 0. The van der Waals surface area contributed by atoms with E-state index in [9.17, 15) is 0 Å². The minimum atomic E-state index is -0.227. The molecule has 1 atom stereocenters. The fourth-order valence-corrected chi connectivity index (χ4v) is 8.72. The van der Waals surface area contributed by atoms with Gasteiger partial charge in [-0.05, 0) is 0 Å². The van der Waals surface area contributed by atoms with Crippen molar-refractivity contribution in [3.05, 3.63) is 95.1 Å². The number of nitrogens with zero attached hydrogens (tertiary/aromatic N) is 1. The van der Waals surface area contributed by atoms with Crippen LogP contribution in [0.25, 0.3) is 0 Å². The normalized spacial score (nSPS) is 19.1. The second kappa shape index (κ2) is 11.4. The van der Waals surface area contributed by atoms with Gasteiger partial charge in [0.15, 0.2) is 0 Å². The summed E-state index contributed by atoms with van der Waals surface area (Å²) in [6.07, 6.45) is 1.23. The summed E-state index contributed by atoms with van der Waals surface area (Å²) >= 11 is -0.227. The monoisotopic (exact) mass is 597 g/mol. The first-order chi connectivity index (χ1) is 18.0. The van der Waals surface area contributed by atoms with Gasteiger partial charge in [0.05, 0.1) is 0 Å². The maximum atomic E-state index is 6.21. The molecule has 0 bridgehead atoms. The molecule has 1 heterocycles. The third kappa shape index (κ3) is 5.64. The van der Waals surface area contributed by atoms with Crippen LogP contribution in [0.15, 0.2) is 72.8 Å². The van der Waals surface area contributed by atoms with Gasteiger partial charge in [0.25, 0.3) is 0 Å². The molecule has 3 aromatic carbocycles. The van der Waals surface area contributed by atoms with E-state index in [1.165, 1.54) is 27.9 Å². The number of benzene rings is 3. The third-order valence-corrected chi connectivity index (χ3v) is 10.2. The average Bonchev–Trinajstić information content (AvgIpc) is 3.08. The summed E-state index contributed by atoms with van der Waals surface area (Å²) in [5.41, 5.74) is 6.87. The molecular weight excluding hydrogens is 551 g/mol. The van der Waals surface area contributed by atoms with E-state index in [-0.39, 0.29) is 33.3 Å². The summed E-state index contributed by atoms with van der Waals surface area (Å²) < 4.78 is 10.2. The molecule has 0 aliphatic carbocycles. The molecule has 1 aliphatic rings. The fraction of sp³-hybridized carbons (Fsp3) is 0.429. The van der Waals surface area contributed by atoms with Crippen LogP contribution in [0, 0.1) is 0 Å². The van der Waals surface area contributed by atoms with E-state index in [4.69, 9.17) is 4.74 Å². The van der Waals surface area contributed by atoms with Crippen molar-refractivity contribution in [2.24, 2.45) is 0 Å². The van der Waals surface area contributed by atoms with E-state index in [0.29, 0.717) is 11.8 Å². The molecule has 38 heavy (non-hydrogen) atoms. The SMILES string of the molecule is CC(C)Oc1ccccc1[CH]=[Ru]=[C]1N(c2c(C(C)C)cccc2C(C)C)C(C)(C)CC1(C)c1ccccc1. The van der Waals surface area contributed by atoms with Crippen LogP contribution in [-0.4, -0.2) is 20.5 Å². The van der Waals surface area contributed by atoms with Crippen molar-refractivity contribution in [1.82, 2.24) is 0 Å². The standard InChI is InChI=1S/C25H33N.C10H12O.Ru/c1-18(2)21-14-11-15-22(19(3)4)23(21)26-17-25(7,16-24(26,5)6)20-12-9-8-10-13-20;1-8(2)11-10-7-5-4-6-9(10)3;/h8-15,18-19H,16H2,1-7H3;3-8H,1-2H3;. The quantitative estimate of drug-likeness (QED) is 0.253. The van der Waals surface area contributed by atoms with Crippen molar-refractivity contribution in [3.63, 3.8) is 0 Å². The summed E-state index contributed by atoms with van der Waals surface area (Å²) in [5.74, 6) is 1.88. The molecule has 0 amide bonds. The van der Waals surface area contributed by atoms with Crippen LogP contribution in [0.3, 0.4) is 0 Å². The molecule has 204 valence electrons. The average molecular weight is 597 g/mol. The van der Waals surface area contributed by atoms with Crippen molar-refractivity contribution >= 4 is 14.5 Å². The van der Waals surface area contributed by atoms with Crippen LogP contribution in [0.5, 0.6) is 5.75 Å². The van der Waals surface area contributed by atoms with Gasteiger partial charge in [-0.2, -0.15) is 0 Å². The molecule has 1 saturated heterocycles. The molecule has 1 aliphatic heterocycles. The van der Waals surface area contributed by atoms with Crippen LogP contribution in [-0.2, 0) is 21.6 Å². The van der Waals surface area contributed by atoms with Gasteiger partial charge in [-0.3, -0.25) is 0 Å². The van der Waals surface area contributed by atoms with Crippen LogP contribution in [0.4, 0.5) is 5.69 Å². The molecule has 1 fully saturated rings. The molecular formula is C35H45NORu. The molecule has 0 radical (unpaired) electrons. The van der Waals surface area contributed by atoms with Gasteiger partial charge >= 0.3 is 239 Å². The zero-order valence-corrected chi connectivity index (χ0v) is 26.4. The molecule has 0 spiro atoms. The number of ether oxygens (including phenoxy) is 1. The van der Waals surface area contributed by atoms with Crippen molar-refractivity contribution in [2.45, 2.75) is 97.6 Å². The second-order valence-corrected chi connectivity index (χ2v) is 14.1. The Morgan fingerprint density at radius 3 is 1.92 bits per heavy atom. The summed E-state index contributed by atoms with van der Waals surface area (Å²) in [4.78, 5) is 2.77. The molecule has 2 nitrogen and oxygen atoms in total. The maximum absolute atomic E-state index is 6.21. The van der Waals surface area contributed by atoms with E-state index < -0.39 is 0 Å². The van der Waals surface area contributed by atoms with Gasteiger partial charge in [0.1, 0.15) is 0 Å². The van der Waals surface area contributed by atoms with E-state index in [1.807, 2.05) is 0 Å². The zero-order valence-electron chi connectivity index (χ0n) is 24.7. The predicted molar refractivity (Wildman–Crippen MR) is 162 cm³/mol. The van der Waals surface area contributed by atoms with Gasteiger partial charge < -0.3 is 0 Å². The Kier molecular flexibility index (Phi) is 8.58. The predicted octanol–water partition coefficient (Wildman–Crippen LogP) is 8.73. The van der Waals surface area contributed by atoms with Gasteiger partial charge in [-0.25, -0.2) is 0 Å². The van der Waals surface area contributed by atoms with Crippen LogP contribution >= 0.6 is 0 Å². The van der Waals surface area contributed by atoms with Crippen LogP contribution in [0.2, 0.25) is 0 Å². The zero-order chi connectivity index (χ0) is 27.7. The van der Waals surface area contributed by atoms with Crippen molar-refractivity contribution in [2.75, 3.05) is 4.90 Å². The Balaban J connectivity index is 2.05. The first-order valence-corrected chi connectivity index (χ1v) is 15.9. The number of anilines is 1. The molecule has 4 rings (SSSR count). The number of para-hydroxylation sites is 2. The molecule has 3 heteroatoms. The fourth-order valence-electron chi connectivity index (χ4n) is 5.90. The Morgan fingerprint density at radius 2 is 1.34 bits per heavy atom. The first kappa shape index (κ1) is 28.6. The molecule has 0 saturated carbocycles. The van der Waals surface area contributed by atoms with Crippen LogP contribution < -0.4 is 9.64 Å². The molecule has 0 aromatic heterocycles. The second-order valence-electron chi connectivity index (χ2n) is 12.3. The summed E-state index contributed by atoms with van der Waals surface area (Å²) in [7, 11) is 0. The van der Waals surface area contributed by atoms with Gasteiger partial charge in [-0.15, -0.1) is 0 Å².